The summed E-state index contributed by atoms with van der Waals surface area (Å²) >= 11 is 0. The average molecular weight is 217 g/mol. The van der Waals surface area contributed by atoms with Crippen LogP contribution < -0.4 is 0 Å². The summed E-state index contributed by atoms with van der Waals surface area (Å²) in [6.45, 7) is 3.74. The Morgan fingerprint density at radius 2 is 2.19 bits per heavy atom. The van der Waals surface area contributed by atoms with Gasteiger partial charge in [-0.25, -0.2) is 14.5 Å². The second-order valence-corrected chi connectivity index (χ2v) is 3.52. The summed E-state index contributed by atoms with van der Waals surface area (Å²) in [6, 6.07) is 5.27. The van der Waals surface area contributed by atoms with Crippen LogP contribution in [0.1, 0.15) is 21.9 Å². The fourth-order valence-corrected chi connectivity index (χ4v) is 1.61. The molecule has 16 heavy (non-hydrogen) atoms. The third-order valence-electron chi connectivity index (χ3n) is 2.23. The third kappa shape index (κ3) is 1.67. The van der Waals surface area contributed by atoms with Crippen LogP contribution in [0.15, 0.2) is 24.4 Å². The zero-order valence-electron chi connectivity index (χ0n) is 9.01. The molecule has 0 aromatic carbocycles. The van der Waals surface area contributed by atoms with E-state index in [2.05, 4.69) is 10.1 Å². The van der Waals surface area contributed by atoms with Crippen molar-refractivity contribution in [2.24, 2.45) is 0 Å². The fraction of sp³-hybridized carbons (Fsp3) is 0.182. The first kappa shape index (κ1) is 10.4. The van der Waals surface area contributed by atoms with E-state index in [0.29, 0.717) is 5.69 Å². The Hall–Kier alpha value is -2.17. The molecule has 2 rings (SSSR count). The summed E-state index contributed by atoms with van der Waals surface area (Å²) in [4.78, 5) is 14.9. The maximum Gasteiger partial charge on any atom is 0.356 e. The van der Waals surface area contributed by atoms with E-state index in [1.807, 2.05) is 19.9 Å². The Labute approximate surface area is 92.4 Å². The molecule has 1 N–H and O–H groups in total. The predicted octanol–water partition coefficient (Wildman–Crippen LogP) is 1.58. The molecule has 0 fully saturated rings. The molecule has 82 valence electrons. The van der Waals surface area contributed by atoms with Crippen LogP contribution in [-0.4, -0.2) is 25.8 Å². The van der Waals surface area contributed by atoms with Crippen LogP contribution in [0.5, 0.6) is 0 Å². The first-order valence-corrected chi connectivity index (χ1v) is 4.81. The number of hydrogen-bond acceptors (Lipinski definition) is 3. The van der Waals surface area contributed by atoms with Gasteiger partial charge in [0.2, 0.25) is 0 Å². The molecule has 0 aliphatic carbocycles. The first-order chi connectivity index (χ1) is 7.59. The van der Waals surface area contributed by atoms with E-state index in [-0.39, 0.29) is 5.69 Å². The summed E-state index contributed by atoms with van der Waals surface area (Å²) in [5.41, 5.74) is 2.22. The number of aryl methyl sites for hydroxylation is 2. The molecule has 0 radical (unpaired) electrons. The molecule has 0 saturated carbocycles. The molecule has 0 bridgehead atoms. The molecule has 2 aromatic heterocycles. The highest BCUT2D eigenvalue weighted by Gasteiger charge is 2.14. The normalized spacial score (nSPS) is 10.4. The summed E-state index contributed by atoms with van der Waals surface area (Å²) in [7, 11) is 0. The van der Waals surface area contributed by atoms with Crippen LogP contribution in [0.25, 0.3) is 5.69 Å². The van der Waals surface area contributed by atoms with Crippen LogP contribution >= 0.6 is 0 Å². The Balaban J connectivity index is 2.64. The van der Waals surface area contributed by atoms with Gasteiger partial charge in [-0.15, -0.1) is 0 Å². The van der Waals surface area contributed by atoms with Crippen molar-refractivity contribution in [3.8, 4) is 5.69 Å². The van der Waals surface area contributed by atoms with Gasteiger partial charge in [-0.05, 0) is 32.0 Å². The number of aromatic nitrogens is 3. The monoisotopic (exact) mass is 217 g/mol. The van der Waals surface area contributed by atoms with Crippen molar-refractivity contribution < 1.29 is 9.90 Å². The van der Waals surface area contributed by atoms with E-state index in [4.69, 9.17) is 5.11 Å². The predicted molar refractivity (Wildman–Crippen MR) is 57.8 cm³/mol. The van der Waals surface area contributed by atoms with Gasteiger partial charge in [0, 0.05) is 11.9 Å². The van der Waals surface area contributed by atoms with Crippen LogP contribution in [0.4, 0.5) is 0 Å². The SMILES string of the molecule is Cc1cc(C)n(-c2cccnc2C(=O)O)n1. The highest BCUT2D eigenvalue weighted by molar-refractivity contribution is 5.89. The van der Waals surface area contributed by atoms with Crippen LogP contribution in [0.3, 0.4) is 0 Å². The van der Waals surface area contributed by atoms with Crippen molar-refractivity contribution >= 4 is 5.97 Å². The standard InChI is InChI=1S/C11H11N3O2/c1-7-6-8(2)14(13-7)9-4-3-5-12-10(9)11(15)16/h3-6H,1-2H3,(H,15,16). The highest BCUT2D eigenvalue weighted by Crippen LogP contribution is 2.14. The zero-order chi connectivity index (χ0) is 11.7. The van der Waals surface area contributed by atoms with E-state index in [1.165, 1.54) is 6.20 Å². The lowest BCUT2D eigenvalue weighted by atomic mass is 10.3. The molecule has 0 spiro atoms. The molecule has 2 heterocycles. The second kappa shape index (κ2) is 3.77. The molecular weight excluding hydrogens is 206 g/mol. The van der Waals surface area contributed by atoms with Gasteiger partial charge in [0.1, 0.15) is 0 Å². The molecular formula is C11H11N3O2. The van der Waals surface area contributed by atoms with Gasteiger partial charge < -0.3 is 5.11 Å². The van der Waals surface area contributed by atoms with Gasteiger partial charge in [0.05, 0.1) is 11.4 Å². The second-order valence-electron chi connectivity index (χ2n) is 3.52. The van der Waals surface area contributed by atoms with Gasteiger partial charge in [-0.3, -0.25) is 0 Å². The van der Waals surface area contributed by atoms with Gasteiger partial charge >= 0.3 is 5.97 Å². The van der Waals surface area contributed by atoms with Crippen LogP contribution in [0.2, 0.25) is 0 Å². The number of hydrogen-bond donors (Lipinski definition) is 1. The summed E-state index contributed by atoms with van der Waals surface area (Å²) in [5.74, 6) is -1.05. The Morgan fingerprint density at radius 1 is 1.44 bits per heavy atom. The molecule has 0 unspecified atom stereocenters. The van der Waals surface area contributed by atoms with Gasteiger partial charge in [0.15, 0.2) is 5.69 Å². The van der Waals surface area contributed by atoms with Crippen molar-refractivity contribution in [3.63, 3.8) is 0 Å². The number of aromatic carboxylic acids is 1. The minimum Gasteiger partial charge on any atom is -0.476 e. The summed E-state index contributed by atoms with van der Waals surface area (Å²) < 4.78 is 1.59. The van der Waals surface area contributed by atoms with E-state index < -0.39 is 5.97 Å². The Bertz CT molecular complexity index is 546. The van der Waals surface area contributed by atoms with Crippen molar-refractivity contribution in [1.82, 2.24) is 14.8 Å². The number of pyridine rings is 1. The molecule has 5 nitrogen and oxygen atoms in total. The number of nitrogens with zero attached hydrogens (tertiary/aromatic N) is 3. The fourth-order valence-electron chi connectivity index (χ4n) is 1.61. The minimum absolute atomic E-state index is 0.00806. The lowest BCUT2D eigenvalue weighted by molar-refractivity contribution is 0.0690. The lowest BCUT2D eigenvalue weighted by Gasteiger charge is -2.06. The number of carbonyl (C=O) groups is 1. The molecule has 2 aromatic rings. The quantitative estimate of drug-likeness (QED) is 0.829. The molecule has 0 aliphatic heterocycles. The highest BCUT2D eigenvalue weighted by atomic mass is 16.4. The Morgan fingerprint density at radius 3 is 2.75 bits per heavy atom. The lowest BCUT2D eigenvalue weighted by Crippen LogP contribution is -2.09. The molecule has 0 saturated heterocycles. The molecule has 0 aliphatic rings. The number of carboxylic acids is 1. The first-order valence-electron chi connectivity index (χ1n) is 4.81. The van der Waals surface area contributed by atoms with Gasteiger partial charge in [-0.2, -0.15) is 5.10 Å². The van der Waals surface area contributed by atoms with Crippen LogP contribution in [-0.2, 0) is 0 Å². The average Bonchev–Trinajstić information content (AvgIpc) is 2.57. The van der Waals surface area contributed by atoms with Gasteiger partial charge in [0.25, 0.3) is 0 Å². The maximum atomic E-state index is 11.0. The smallest absolute Gasteiger partial charge is 0.356 e. The maximum absolute atomic E-state index is 11.0. The topological polar surface area (TPSA) is 68.0 Å². The minimum atomic E-state index is -1.05. The van der Waals surface area contributed by atoms with Crippen molar-refractivity contribution in [2.45, 2.75) is 13.8 Å². The Kier molecular flexibility index (Phi) is 2.44. The number of carboxylic acid groups (broad SMARTS) is 1. The summed E-state index contributed by atoms with van der Waals surface area (Å²) in [5, 5.41) is 13.3. The number of rotatable bonds is 2. The molecule has 5 heteroatoms. The van der Waals surface area contributed by atoms with Crippen molar-refractivity contribution in [1.29, 1.82) is 0 Å². The van der Waals surface area contributed by atoms with E-state index in [1.54, 1.807) is 16.8 Å². The largest absolute Gasteiger partial charge is 0.476 e. The van der Waals surface area contributed by atoms with Crippen molar-refractivity contribution in [2.75, 3.05) is 0 Å². The van der Waals surface area contributed by atoms with E-state index >= 15 is 0 Å². The van der Waals surface area contributed by atoms with Gasteiger partial charge in [-0.1, -0.05) is 0 Å². The summed E-state index contributed by atoms with van der Waals surface area (Å²) in [6.07, 6.45) is 1.46. The third-order valence-corrected chi connectivity index (χ3v) is 2.23. The molecule has 0 atom stereocenters. The van der Waals surface area contributed by atoms with Crippen LogP contribution in [0, 0.1) is 13.8 Å². The zero-order valence-corrected chi connectivity index (χ0v) is 9.01. The van der Waals surface area contributed by atoms with E-state index in [0.717, 1.165) is 11.4 Å². The van der Waals surface area contributed by atoms with Crippen molar-refractivity contribution in [3.05, 3.63) is 41.5 Å². The molecule has 0 amide bonds. The van der Waals surface area contributed by atoms with E-state index in [9.17, 15) is 4.79 Å².